The molecule has 172 valence electrons. The van der Waals surface area contributed by atoms with Gasteiger partial charge in [-0.1, -0.05) is 62.4 Å². The van der Waals surface area contributed by atoms with Crippen LogP contribution in [-0.2, 0) is 20.1 Å². The summed E-state index contributed by atoms with van der Waals surface area (Å²) < 4.78 is 3.59. The van der Waals surface area contributed by atoms with Crippen LogP contribution in [0.2, 0.25) is 0 Å². The predicted octanol–water partition coefficient (Wildman–Crippen LogP) is 4.01. The van der Waals surface area contributed by atoms with E-state index in [1.807, 2.05) is 61.1 Å². The van der Waals surface area contributed by atoms with Gasteiger partial charge in [0.15, 0.2) is 0 Å². The average molecular weight is 445 g/mol. The first-order chi connectivity index (χ1) is 15.9. The third-order valence-electron chi connectivity index (χ3n) is 6.01. The van der Waals surface area contributed by atoms with Crippen molar-refractivity contribution in [2.45, 2.75) is 26.9 Å². The minimum atomic E-state index is -0.151. The first kappa shape index (κ1) is 22.8. The van der Waals surface area contributed by atoms with E-state index in [1.54, 1.807) is 10.8 Å². The lowest BCUT2D eigenvalue weighted by atomic mass is 10.1. The first-order valence-electron chi connectivity index (χ1n) is 11.5. The molecule has 0 aliphatic heterocycles. The molecule has 4 aromatic rings. The number of para-hydroxylation sites is 1. The molecule has 4 rings (SSSR count). The van der Waals surface area contributed by atoms with Crippen LogP contribution in [0.3, 0.4) is 0 Å². The molecule has 0 radical (unpaired) electrons. The maximum Gasteiger partial charge on any atom is 0.275 e. The topological polar surface area (TPSA) is 59.3 Å². The summed E-state index contributed by atoms with van der Waals surface area (Å²) in [6, 6.07) is 18.2. The highest BCUT2D eigenvalue weighted by atomic mass is 16.2. The average Bonchev–Trinajstić information content (AvgIpc) is 3.09. The van der Waals surface area contributed by atoms with Crippen molar-refractivity contribution in [1.29, 1.82) is 0 Å². The van der Waals surface area contributed by atoms with E-state index in [0.29, 0.717) is 24.2 Å². The summed E-state index contributed by atoms with van der Waals surface area (Å²) in [5.74, 6) is 0.138. The van der Waals surface area contributed by atoms with Crippen LogP contribution in [0, 0.1) is 5.92 Å². The smallest absolute Gasteiger partial charge is 0.275 e. The monoisotopic (exact) mass is 444 g/mol. The van der Waals surface area contributed by atoms with Crippen molar-refractivity contribution in [2.24, 2.45) is 13.0 Å². The number of nitrogens with zero attached hydrogens (tertiary/aromatic N) is 3. The van der Waals surface area contributed by atoms with Gasteiger partial charge >= 0.3 is 0 Å². The molecule has 0 aliphatic carbocycles. The highest BCUT2D eigenvalue weighted by molar-refractivity contribution is 6.17. The van der Waals surface area contributed by atoms with Gasteiger partial charge in [0, 0.05) is 55.7 Å². The molecule has 0 spiro atoms. The lowest BCUT2D eigenvalue weighted by Crippen LogP contribution is -2.34. The fraction of sp³-hybridized carbons (Fsp3) is 0.333. The number of pyridine rings is 1. The minimum Gasteiger partial charge on any atom is -0.351 e. The fourth-order valence-electron chi connectivity index (χ4n) is 4.46. The van der Waals surface area contributed by atoms with Crippen LogP contribution in [0.5, 0.6) is 0 Å². The maximum absolute atomic E-state index is 13.3. The molecule has 6 heteroatoms. The number of carbonyl (C=O) groups excluding carboxylic acids is 1. The second-order valence-corrected chi connectivity index (χ2v) is 9.17. The van der Waals surface area contributed by atoms with E-state index in [-0.39, 0.29) is 17.4 Å². The van der Waals surface area contributed by atoms with Crippen molar-refractivity contribution in [1.82, 2.24) is 19.4 Å². The van der Waals surface area contributed by atoms with Gasteiger partial charge in [0.05, 0.1) is 5.56 Å². The summed E-state index contributed by atoms with van der Waals surface area (Å²) in [5.41, 5.74) is 3.25. The molecule has 2 aromatic heterocycles. The number of likely N-dealkylation sites (N-methyl/N-ethyl adjacent to an activating group) is 1. The molecular weight excluding hydrogens is 412 g/mol. The first-order valence-corrected chi connectivity index (χ1v) is 11.5. The van der Waals surface area contributed by atoms with Gasteiger partial charge in [-0.25, -0.2) is 0 Å². The van der Waals surface area contributed by atoms with Gasteiger partial charge in [0.1, 0.15) is 5.52 Å². The van der Waals surface area contributed by atoms with Crippen molar-refractivity contribution < 1.29 is 4.79 Å². The van der Waals surface area contributed by atoms with E-state index in [0.717, 1.165) is 29.4 Å². The van der Waals surface area contributed by atoms with Crippen LogP contribution in [-0.4, -0.2) is 40.1 Å². The van der Waals surface area contributed by atoms with E-state index in [1.165, 1.54) is 5.56 Å². The van der Waals surface area contributed by atoms with Crippen molar-refractivity contribution in [3.8, 4) is 0 Å². The molecule has 0 saturated carbocycles. The predicted molar refractivity (Wildman–Crippen MR) is 135 cm³/mol. The number of benzene rings is 2. The number of fused-ring (bicyclic) bond motifs is 3. The van der Waals surface area contributed by atoms with E-state index in [2.05, 4.69) is 36.2 Å². The second-order valence-electron chi connectivity index (χ2n) is 9.17. The molecule has 0 unspecified atom stereocenters. The molecule has 0 fully saturated rings. The number of nitrogens with one attached hydrogen (secondary N) is 1. The number of rotatable bonds is 8. The molecular formula is C27H32N4O2. The Hall–Kier alpha value is -3.38. The zero-order valence-electron chi connectivity index (χ0n) is 19.8. The number of aryl methyl sites for hydroxylation is 1. The van der Waals surface area contributed by atoms with Gasteiger partial charge in [-0.3, -0.25) is 9.59 Å². The normalized spacial score (nSPS) is 11.7. The Morgan fingerprint density at radius 2 is 1.76 bits per heavy atom. The molecule has 0 atom stereocenters. The summed E-state index contributed by atoms with van der Waals surface area (Å²) >= 11 is 0. The van der Waals surface area contributed by atoms with Gasteiger partial charge in [-0.05, 0) is 24.6 Å². The molecule has 0 bridgehead atoms. The van der Waals surface area contributed by atoms with Crippen LogP contribution in [0.15, 0.2) is 65.6 Å². The molecule has 1 amide bonds. The lowest BCUT2D eigenvalue weighted by molar-refractivity contribution is 0.0950. The quantitative estimate of drug-likeness (QED) is 0.447. The van der Waals surface area contributed by atoms with E-state index in [4.69, 9.17) is 0 Å². The molecule has 6 nitrogen and oxygen atoms in total. The molecule has 2 heterocycles. The van der Waals surface area contributed by atoms with Crippen LogP contribution in [0.4, 0.5) is 0 Å². The van der Waals surface area contributed by atoms with Crippen LogP contribution in [0.1, 0.15) is 29.8 Å². The number of amides is 1. The van der Waals surface area contributed by atoms with E-state index in [9.17, 15) is 9.59 Å². The Bertz CT molecular complexity index is 1340. The number of hydrogen-bond donors (Lipinski definition) is 1. The third kappa shape index (κ3) is 4.71. The van der Waals surface area contributed by atoms with Crippen LogP contribution < -0.4 is 10.9 Å². The zero-order chi connectivity index (χ0) is 23.5. The highest BCUT2D eigenvalue weighted by Crippen LogP contribution is 2.29. The largest absolute Gasteiger partial charge is 0.351 e. The zero-order valence-corrected chi connectivity index (χ0v) is 19.8. The van der Waals surface area contributed by atoms with Crippen molar-refractivity contribution in [3.63, 3.8) is 0 Å². The van der Waals surface area contributed by atoms with E-state index >= 15 is 0 Å². The molecule has 33 heavy (non-hydrogen) atoms. The van der Waals surface area contributed by atoms with Gasteiger partial charge in [0.25, 0.3) is 11.5 Å². The highest BCUT2D eigenvalue weighted by Gasteiger charge is 2.21. The van der Waals surface area contributed by atoms with Gasteiger partial charge < -0.3 is 19.4 Å². The molecule has 2 aromatic carbocycles. The Balaban J connectivity index is 1.63. The number of hydrogen-bond acceptors (Lipinski definition) is 3. The van der Waals surface area contributed by atoms with Crippen molar-refractivity contribution in [2.75, 3.05) is 20.1 Å². The molecule has 1 N–H and O–H groups in total. The van der Waals surface area contributed by atoms with Crippen molar-refractivity contribution >= 4 is 27.7 Å². The second kappa shape index (κ2) is 9.63. The molecule has 0 aliphatic rings. The Morgan fingerprint density at radius 3 is 2.48 bits per heavy atom. The Kier molecular flexibility index (Phi) is 6.65. The summed E-state index contributed by atoms with van der Waals surface area (Å²) in [7, 11) is 3.94. The third-order valence-corrected chi connectivity index (χ3v) is 6.01. The Labute approximate surface area is 194 Å². The Morgan fingerprint density at radius 1 is 1.06 bits per heavy atom. The minimum absolute atomic E-state index is 0.0588. The summed E-state index contributed by atoms with van der Waals surface area (Å²) in [4.78, 5) is 28.8. The number of aromatic nitrogens is 2. The van der Waals surface area contributed by atoms with E-state index < -0.39 is 0 Å². The summed E-state index contributed by atoms with van der Waals surface area (Å²) in [6.07, 6.45) is 1.74. The lowest BCUT2D eigenvalue weighted by Gasteiger charge is -2.17. The number of carbonyl (C=O) groups is 1. The van der Waals surface area contributed by atoms with Gasteiger partial charge in [-0.15, -0.1) is 0 Å². The standard InChI is InChI=1S/C27H32N4O2/c1-19(2)16-31-18-22(24-21-12-8-9-13-23(21)30(4)25(24)27(31)33)26(32)28-14-15-29(3)17-20-10-6-5-7-11-20/h5-13,18-19H,14-17H2,1-4H3,(H,28,32). The SMILES string of the molecule is CC(C)Cn1cc(C(=O)NCCN(C)Cc2ccccc2)c2c3ccccc3n(C)c2c1=O. The van der Waals surface area contributed by atoms with Gasteiger partial charge in [-0.2, -0.15) is 0 Å². The summed E-state index contributed by atoms with van der Waals surface area (Å²) in [5, 5.41) is 4.73. The van der Waals surface area contributed by atoms with Crippen LogP contribution >= 0.6 is 0 Å². The maximum atomic E-state index is 13.3. The molecule has 0 saturated heterocycles. The van der Waals surface area contributed by atoms with Crippen LogP contribution in [0.25, 0.3) is 21.8 Å². The van der Waals surface area contributed by atoms with Crippen molar-refractivity contribution in [3.05, 3.63) is 82.3 Å². The fourth-order valence-corrected chi connectivity index (χ4v) is 4.46. The van der Waals surface area contributed by atoms with Gasteiger partial charge in [0.2, 0.25) is 0 Å². The summed E-state index contributed by atoms with van der Waals surface area (Å²) in [6.45, 7) is 6.78.